The predicted octanol–water partition coefficient (Wildman–Crippen LogP) is 0.572. The number of carbonyl (C=O) groups is 2. The molecule has 152 valence electrons. The zero-order chi connectivity index (χ0) is 19.7. The first-order valence-corrected chi connectivity index (χ1v) is 9.01. The summed E-state index contributed by atoms with van der Waals surface area (Å²) in [7, 11) is 1.88. The third-order valence-electron chi connectivity index (χ3n) is 3.62. The van der Waals surface area contributed by atoms with E-state index in [0.29, 0.717) is 57.5 Å². The standard InChI is InChI=1S/C19H30N2O6/c1-16-17(14-22)4-3-5-18(16)27-15-19(23)21-7-9-25-11-13-26-12-10-24-8-6-20-2/h3-5,14,20H,6-13,15H2,1-2H3,(H,21,23). The van der Waals surface area contributed by atoms with Crippen LogP contribution < -0.4 is 15.4 Å². The molecule has 0 saturated heterocycles. The summed E-state index contributed by atoms with van der Waals surface area (Å²) < 4.78 is 21.5. The number of likely N-dealkylation sites (N-methyl/N-ethyl adjacent to an activating group) is 1. The van der Waals surface area contributed by atoms with Gasteiger partial charge in [0.25, 0.3) is 5.91 Å². The molecule has 0 aliphatic carbocycles. The van der Waals surface area contributed by atoms with E-state index in [1.165, 1.54) is 0 Å². The monoisotopic (exact) mass is 382 g/mol. The van der Waals surface area contributed by atoms with Crippen LogP contribution >= 0.6 is 0 Å². The third-order valence-corrected chi connectivity index (χ3v) is 3.62. The lowest BCUT2D eigenvalue weighted by molar-refractivity contribution is -0.123. The average Bonchev–Trinajstić information content (AvgIpc) is 2.68. The molecule has 2 N–H and O–H groups in total. The maximum atomic E-state index is 11.8. The summed E-state index contributed by atoms with van der Waals surface area (Å²) in [6.45, 7) is 5.99. The fraction of sp³-hybridized carbons (Fsp3) is 0.579. The predicted molar refractivity (Wildman–Crippen MR) is 101 cm³/mol. The smallest absolute Gasteiger partial charge is 0.258 e. The number of rotatable bonds is 16. The molecule has 1 amide bonds. The van der Waals surface area contributed by atoms with Crippen molar-refractivity contribution in [3.8, 4) is 5.75 Å². The molecule has 1 rings (SSSR count). The molecule has 27 heavy (non-hydrogen) atoms. The SMILES string of the molecule is CNCCOCCOCCOCCNC(=O)COc1cccc(C=O)c1C. The number of hydrogen-bond donors (Lipinski definition) is 2. The number of benzene rings is 1. The second-order valence-corrected chi connectivity index (χ2v) is 5.67. The summed E-state index contributed by atoms with van der Waals surface area (Å²) in [6.07, 6.45) is 0.764. The lowest BCUT2D eigenvalue weighted by atomic mass is 10.1. The Labute approximate surface area is 160 Å². The zero-order valence-corrected chi connectivity index (χ0v) is 16.1. The molecule has 1 aromatic rings. The fourth-order valence-electron chi connectivity index (χ4n) is 2.09. The Bertz CT molecular complexity index is 553. The van der Waals surface area contributed by atoms with E-state index in [2.05, 4.69) is 10.6 Å². The second kappa shape index (κ2) is 15.1. The lowest BCUT2D eigenvalue weighted by Gasteiger charge is -2.11. The number of amides is 1. The molecule has 0 aliphatic rings. The van der Waals surface area contributed by atoms with Gasteiger partial charge in [0.15, 0.2) is 6.61 Å². The van der Waals surface area contributed by atoms with Gasteiger partial charge in [-0.05, 0) is 20.0 Å². The minimum absolute atomic E-state index is 0.111. The first kappa shape index (κ1) is 23.0. The molecule has 0 unspecified atom stereocenters. The topological polar surface area (TPSA) is 95.1 Å². The summed E-state index contributed by atoms with van der Waals surface area (Å²) in [5.41, 5.74) is 1.27. The third kappa shape index (κ3) is 10.7. The molecule has 0 heterocycles. The highest BCUT2D eigenvalue weighted by molar-refractivity contribution is 5.79. The second-order valence-electron chi connectivity index (χ2n) is 5.67. The van der Waals surface area contributed by atoms with Gasteiger partial charge in [0.1, 0.15) is 12.0 Å². The lowest BCUT2D eigenvalue weighted by Crippen LogP contribution is -2.32. The molecule has 0 spiro atoms. The van der Waals surface area contributed by atoms with Crippen molar-refractivity contribution in [3.63, 3.8) is 0 Å². The van der Waals surface area contributed by atoms with Gasteiger partial charge in [-0.25, -0.2) is 0 Å². The normalized spacial score (nSPS) is 10.6. The van der Waals surface area contributed by atoms with E-state index < -0.39 is 0 Å². The van der Waals surface area contributed by atoms with Gasteiger partial charge in [0, 0.05) is 24.2 Å². The van der Waals surface area contributed by atoms with E-state index in [1.807, 2.05) is 7.05 Å². The van der Waals surface area contributed by atoms with Crippen molar-refractivity contribution < 1.29 is 28.5 Å². The molecular weight excluding hydrogens is 352 g/mol. The van der Waals surface area contributed by atoms with Crippen LogP contribution in [0.2, 0.25) is 0 Å². The number of aldehydes is 1. The highest BCUT2D eigenvalue weighted by Gasteiger charge is 2.07. The Morgan fingerprint density at radius 3 is 2.26 bits per heavy atom. The number of nitrogens with one attached hydrogen (secondary N) is 2. The van der Waals surface area contributed by atoms with E-state index in [9.17, 15) is 9.59 Å². The van der Waals surface area contributed by atoms with Gasteiger partial charge < -0.3 is 29.6 Å². The summed E-state index contributed by atoms with van der Waals surface area (Å²) in [4.78, 5) is 22.7. The van der Waals surface area contributed by atoms with Crippen LogP contribution in [0.3, 0.4) is 0 Å². The number of ether oxygens (including phenoxy) is 4. The fourth-order valence-corrected chi connectivity index (χ4v) is 2.09. The molecule has 0 aromatic heterocycles. The van der Waals surface area contributed by atoms with Crippen molar-refractivity contribution in [2.24, 2.45) is 0 Å². The van der Waals surface area contributed by atoms with Crippen LogP contribution in [0.25, 0.3) is 0 Å². The summed E-state index contributed by atoms with van der Waals surface area (Å²) >= 11 is 0. The quantitative estimate of drug-likeness (QED) is 0.319. The van der Waals surface area contributed by atoms with Crippen molar-refractivity contribution in [1.82, 2.24) is 10.6 Å². The largest absolute Gasteiger partial charge is 0.483 e. The van der Waals surface area contributed by atoms with Gasteiger partial charge in [0.2, 0.25) is 0 Å². The molecule has 0 fully saturated rings. The van der Waals surface area contributed by atoms with E-state index in [1.54, 1.807) is 25.1 Å². The van der Waals surface area contributed by atoms with Crippen molar-refractivity contribution in [1.29, 1.82) is 0 Å². The molecule has 0 aliphatic heterocycles. The Kier molecular flexibility index (Phi) is 12.9. The maximum absolute atomic E-state index is 11.8. The molecule has 0 radical (unpaired) electrons. The van der Waals surface area contributed by atoms with Crippen LogP contribution in [0.1, 0.15) is 15.9 Å². The van der Waals surface area contributed by atoms with Crippen molar-refractivity contribution >= 4 is 12.2 Å². The molecular formula is C19H30N2O6. The molecule has 1 aromatic carbocycles. The summed E-state index contributed by atoms with van der Waals surface area (Å²) in [5, 5.41) is 5.70. The zero-order valence-electron chi connectivity index (χ0n) is 16.1. The molecule has 0 bridgehead atoms. The Balaban J connectivity index is 1.98. The van der Waals surface area contributed by atoms with Crippen molar-refractivity contribution in [2.75, 3.05) is 66.4 Å². The van der Waals surface area contributed by atoms with Crippen LogP contribution in [-0.4, -0.2) is 78.6 Å². The summed E-state index contributed by atoms with van der Waals surface area (Å²) in [5.74, 6) is 0.280. The first-order chi connectivity index (χ1) is 13.2. The van der Waals surface area contributed by atoms with Crippen molar-refractivity contribution in [2.45, 2.75) is 6.92 Å². The molecule has 0 saturated carbocycles. The van der Waals surface area contributed by atoms with Crippen LogP contribution in [0.15, 0.2) is 18.2 Å². The van der Waals surface area contributed by atoms with Gasteiger partial charge in [-0.2, -0.15) is 0 Å². The van der Waals surface area contributed by atoms with Crippen molar-refractivity contribution in [3.05, 3.63) is 29.3 Å². The number of carbonyl (C=O) groups excluding carboxylic acids is 2. The molecule has 8 nitrogen and oxygen atoms in total. The maximum Gasteiger partial charge on any atom is 0.258 e. The average molecular weight is 382 g/mol. The van der Waals surface area contributed by atoms with Gasteiger partial charge in [-0.1, -0.05) is 12.1 Å². The van der Waals surface area contributed by atoms with Crippen LogP contribution in [0.4, 0.5) is 0 Å². The van der Waals surface area contributed by atoms with Gasteiger partial charge in [-0.15, -0.1) is 0 Å². The van der Waals surface area contributed by atoms with Crippen LogP contribution in [0, 0.1) is 6.92 Å². The van der Waals surface area contributed by atoms with E-state index in [-0.39, 0.29) is 12.5 Å². The van der Waals surface area contributed by atoms with Gasteiger partial charge in [-0.3, -0.25) is 9.59 Å². The Hall–Kier alpha value is -2.00. The van der Waals surface area contributed by atoms with Gasteiger partial charge in [0.05, 0.1) is 39.6 Å². The van der Waals surface area contributed by atoms with E-state index in [4.69, 9.17) is 18.9 Å². The molecule has 0 atom stereocenters. The minimum atomic E-state index is -0.246. The Morgan fingerprint density at radius 2 is 1.63 bits per heavy atom. The minimum Gasteiger partial charge on any atom is -0.483 e. The van der Waals surface area contributed by atoms with E-state index in [0.717, 1.165) is 18.4 Å². The highest BCUT2D eigenvalue weighted by Crippen LogP contribution is 2.19. The molecule has 8 heteroatoms. The number of hydrogen-bond acceptors (Lipinski definition) is 7. The summed E-state index contributed by atoms with van der Waals surface area (Å²) in [6, 6.07) is 5.15. The van der Waals surface area contributed by atoms with E-state index >= 15 is 0 Å². The van der Waals surface area contributed by atoms with Crippen LogP contribution in [-0.2, 0) is 19.0 Å². The Morgan fingerprint density at radius 1 is 1.00 bits per heavy atom. The first-order valence-electron chi connectivity index (χ1n) is 9.01. The highest BCUT2D eigenvalue weighted by atomic mass is 16.5. The van der Waals surface area contributed by atoms with Crippen LogP contribution in [0.5, 0.6) is 5.75 Å². The van der Waals surface area contributed by atoms with Gasteiger partial charge >= 0.3 is 0 Å².